The zero-order valence-electron chi connectivity index (χ0n) is 8.04. The quantitative estimate of drug-likeness (QED) is 0.764. The summed E-state index contributed by atoms with van der Waals surface area (Å²) < 4.78 is 0. The van der Waals surface area contributed by atoms with Gasteiger partial charge in [0.2, 0.25) is 0 Å². The Balaban J connectivity index is 2.65. The molecule has 1 atom stereocenters. The molecule has 2 nitrogen and oxygen atoms in total. The minimum absolute atomic E-state index is 0.480. The van der Waals surface area contributed by atoms with Crippen LogP contribution in [0.1, 0.15) is 25.8 Å². The molecule has 1 aromatic carbocycles. The second kappa shape index (κ2) is 4.51. The molecule has 0 unspecified atom stereocenters. The number of nitriles is 1. The molecular weight excluding hydrogens is 160 g/mol. The lowest BCUT2D eigenvalue weighted by atomic mass is 10.2. The van der Waals surface area contributed by atoms with Crippen LogP contribution in [0, 0.1) is 11.3 Å². The first kappa shape index (κ1) is 9.60. The van der Waals surface area contributed by atoms with E-state index in [4.69, 9.17) is 5.26 Å². The summed E-state index contributed by atoms with van der Waals surface area (Å²) in [7, 11) is 0. The zero-order valence-corrected chi connectivity index (χ0v) is 8.04. The van der Waals surface area contributed by atoms with E-state index in [1.165, 1.54) is 0 Å². The number of benzene rings is 1. The van der Waals surface area contributed by atoms with Crippen molar-refractivity contribution >= 4 is 5.69 Å². The van der Waals surface area contributed by atoms with Crippen LogP contribution in [0.15, 0.2) is 24.3 Å². The van der Waals surface area contributed by atoms with E-state index in [0.29, 0.717) is 11.6 Å². The van der Waals surface area contributed by atoms with Crippen LogP contribution in [0.5, 0.6) is 0 Å². The molecule has 1 N–H and O–H groups in total. The van der Waals surface area contributed by atoms with Crippen LogP contribution in [0.2, 0.25) is 0 Å². The van der Waals surface area contributed by atoms with Crippen LogP contribution in [-0.2, 0) is 0 Å². The number of nitrogens with one attached hydrogen (secondary N) is 1. The summed E-state index contributed by atoms with van der Waals surface area (Å²) in [6.07, 6.45) is 1.10. The van der Waals surface area contributed by atoms with E-state index in [1.54, 1.807) is 0 Å². The molecule has 0 amide bonds. The minimum Gasteiger partial charge on any atom is -0.383 e. The van der Waals surface area contributed by atoms with Gasteiger partial charge in [0.15, 0.2) is 0 Å². The molecule has 0 heterocycles. The normalized spacial score (nSPS) is 11.8. The third-order valence-corrected chi connectivity index (χ3v) is 2.04. The van der Waals surface area contributed by atoms with Crippen molar-refractivity contribution in [3.05, 3.63) is 29.8 Å². The first-order valence-corrected chi connectivity index (χ1v) is 4.53. The van der Waals surface area contributed by atoms with Gasteiger partial charge in [-0.3, -0.25) is 0 Å². The molecule has 68 valence electrons. The number of anilines is 1. The minimum atomic E-state index is 0.480. The summed E-state index contributed by atoms with van der Waals surface area (Å²) in [6, 6.07) is 10.1. The standard InChI is InChI=1S/C11H14N2/c1-3-9(2)13-11-6-4-10(8-12)5-7-11/h4-7,9,13H,3H2,1-2H3/t9-/m1/s1. The maximum absolute atomic E-state index is 8.59. The Morgan fingerprint density at radius 3 is 2.46 bits per heavy atom. The number of hydrogen-bond acceptors (Lipinski definition) is 2. The fraction of sp³-hybridized carbons (Fsp3) is 0.364. The van der Waals surface area contributed by atoms with Gasteiger partial charge in [0.05, 0.1) is 11.6 Å². The molecular formula is C11H14N2. The largest absolute Gasteiger partial charge is 0.383 e. The molecule has 0 bridgehead atoms. The van der Waals surface area contributed by atoms with Crippen LogP contribution in [0.4, 0.5) is 5.69 Å². The predicted octanol–water partition coefficient (Wildman–Crippen LogP) is 2.77. The molecule has 1 rings (SSSR count). The fourth-order valence-electron chi connectivity index (χ4n) is 1.03. The average Bonchev–Trinajstić information content (AvgIpc) is 2.19. The van der Waals surface area contributed by atoms with Gasteiger partial charge in [-0.2, -0.15) is 5.26 Å². The van der Waals surface area contributed by atoms with Crippen molar-refractivity contribution in [1.82, 2.24) is 0 Å². The summed E-state index contributed by atoms with van der Waals surface area (Å²) in [5.41, 5.74) is 1.78. The van der Waals surface area contributed by atoms with Gasteiger partial charge in [0, 0.05) is 11.7 Å². The van der Waals surface area contributed by atoms with Crippen molar-refractivity contribution < 1.29 is 0 Å². The first-order chi connectivity index (χ1) is 6.26. The highest BCUT2D eigenvalue weighted by atomic mass is 14.9. The van der Waals surface area contributed by atoms with Gasteiger partial charge in [-0.15, -0.1) is 0 Å². The highest BCUT2D eigenvalue weighted by Crippen LogP contribution is 2.10. The third-order valence-electron chi connectivity index (χ3n) is 2.04. The highest BCUT2D eigenvalue weighted by Gasteiger charge is 1.97. The smallest absolute Gasteiger partial charge is 0.0991 e. The summed E-state index contributed by atoms with van der Waals surface area (Å²) >= 11 is 0. The van der Waals surface area contributed by atoms with Crippen molar-refractivity contribution in [2.24, 2.45) is 0 Å². The Labute approximate surface area is 79.2 Å². The number of nitrogens with zero attached hydrogens (tertiary/aromatic N) is 1. The van der Waals surface area contributed by atoms with Crippen molar-refractivity contribution in [2.45, 2.75) is 26.3 Å². The van der Waals surface area contributed by atoms with E-state index in [1.807, 2.05) is 24.3 Å². The van der Waals surface area contributed by atoms with Crippen LogP contribution >= 0.6 is 0 Å². The van der Waals surface area contributed by atoms with E-state index in [9.17, 15) is 0 Å². The SMILES string of the molecule is CC[C@@H](C)Nc1ccc(C#N)cc1. The van der Waals surface area contributed by atoms with E-state index in [-0.39, 0.29) is 0 Å². The lowest BCUT2D eigenvalue weighted by Crippen LogP contribution is -2.12. The van der Waals surface area contributed by atoms with E-state index in [2.05, 4.69) is 25.2 Å². The lowest BCUT2D eigenvalue weighted by molar-refractivity contribution is 0.764. The summed E-state index contributed by atoms with van der Waals surface area (Å²) in [4.78, 5) is 0. The summed E-state index contributed by atoms with van der Waals surface area (Å²) in [5.74, 6) is 0. The van der Waals surface area contributed by atoms with Crippen molar-refractivity contribution in [3.8, 4) is 6.07 Å². The molecule has 0 radical (unpaired) electrons. The molecule has 0 fully saturated rings. The summed E-state index contributed by atoms with van der Waals surface area (Å²) in [6.45, 7) is 4.28. The molecule has 13 heavy (non-hydrogen) atoms. The second-order valence-corrected chi connectivity index (χ2v) is 3.14. The molecule has 0 saturated carbocycles. The fourth-order valence-corrected chi connectivity index (χ4v) is 1.03. The molecule has 0 aliphatic heterocycles. The highest BCUT2D eigenvalue weighted by molar-refractivity contribution is 5.47. The Bertz CT molecular complexity index is 295. The predicted molar refractivity (Wildman–Crippen MR) is 54.5 cm³/mol. The molecule has 0 aromatic heterocycles. The number of hydrogen-bond donors (Lipinski definition) is 1. The third kappa shape index (κ3) is 2.79. The van der Waals surface area contributed by atoms with Crippen LogP contribution in [0.25, 0.3) is 0 Å². The monoisotopic (exact) mass is 174 g/mol. The van der Waals surface area contributed by atoms with E-state index in [0.717, 1.165) is 12.1 Å². The van der Waals surface area contributed by atoms with Crippen LogP contribution in [0.3, 0.4) is 0 Å². The van der Waals surface area contributed by atoms with Crippen LogP contribution in [-0.4, -0.2) is 6.04 Å². The van der Waals surface area contributed by atoms with Gasteiger partial charge < -0.3 is 5.32 Å². The molecule has 0 saturated heterocycles. The van der Waals surface area contributed by atoms with E-state index < -0.39 is 0 Å². The van der Waals surface area contributed by atoms with Gasteiger partial charge in [-0.25, -0.2) is 0 Å². The van der Waals surface area contributed by atoms with Crippen molar-refractivity contribution in [1.29, 1.82) is 5.26 Å². The van der Waals surface area contributed by atoms with Crippen molar-refractivity contribution in [2.75, 3.05) is 5.32 Å². The summed E-state index contributed by atoms with van der Waals surface area (Å²) in [5, 5.41) is 11.9. The lowest BCUT2D eigenvalue weighted by Gasteiger charge is -2.12. The van der Waals surface area contributed by atoms with Gasteiger partial charge >= 0.3 is 0 Å². The topological polar surface area (TPSA) is 35.8 Å². The maximum atomic E-state index is 8.59. The molecule has 1 aromatic rings. The van der Waals surface area contributed by atoms with Crippen molar-refractivity contribution in [3.63, 3.8) is 0 Å². The first-order valence-electron chi connectivity index (χ1n) is 4.53. The van der Waals surface area contributed by atoms with Gasteiger partial charge in [0.1, 0.15) is 0 Å². The van der Waals surface area contributed by atoms with Gasteiger partial charge in [-0.05, 0) is 37.6 Å². The Morgan fingerprint density at radius 2 is 2.00 bits per heavy atom. The van der Waals surface area contributed by atoms with Gasteiger partial charge in [0.25, 0.3) is 0 Å². The Hall–Kier alpha value is -1.49. The Morgan fingerprint density at radius 1 is 1.38 bits per heavy atom. The molecule has 2 heteroatoms. The zero-order chi connectivity index (χ0) is 9.68. The van der Waals surface area contributed by atoms with Crippen LogP contribution < -0.4 is 5.32 Å². The molecule has 0 aliphatic rings. The molecule has 0 spiro atoms. The maximum Gasteiger partial charge on any atom is 0.0991 e. The second-order valence-electron chi connectivity index (χ2n) is 3.14. The van der Waals surface area contributed by atoms with Gasteiger partial charge in [-0.1, -0.05) is 6.92 Å². The molecule has 0 aliphatic carbocycles. The number of rotatable bonds is 3. The Kier molecular flexibility index (Phi) is 3.33. The average molecular weight is 174 g/mol. The van der Waals surface area contributed by atoms with E-state index >= 15 is 0 Å².